The van der Waals surface area contributed by atoms with Crippen molar-refractivity contribution in [3.05, 3.63) is 30.3 Å². The van der Waals surface area contributed by atoms with Crippen LogP contribution in [-0.4, -0.2) is 22.5 Å². The van der Waals surface area contributed by atoms with Crippen LogP contribution in [0.1, 0.15) is 6.92 Å². The van der Waals surface area contributed by atoms with Gasteiger partial charge in [-0.15, -0.1) is 5.10 Å². The summed E-state index contributed by atoms with van der Waals surface area (Å²) in [4.78, 5) is 22.3. The number of amidine groups is 1. The Labute approximate surface area is 107 Å². The number of carbonyl (C=O) groups is 2. The number of para-hydroxylation sites is 1. The highest BCUT2D eigenvalue weighted by molar-refractivity contribution is 9.10. The van der Waals surface area contributed by atoms with Gasteiger partial charge in [-0.25, -0.2) is 0 Å². The van der Waals surface area contributed by atoms with Gasteiger partial charge >= 0.3 is 0 Å². The molecule has 17 heavy (non-hydrogen) atoms. The molecule has 1 aliphatic heterocycles. The molecule has 1 atom stereocenters. The predicted octanol–water partition coefficient (Wildman–Crippen LogP) is 1.25. The average Bonchev–Trinajstić information content (AvgIpc) is 2.58. The molecule has 2 amide bonds. The smallest absolute Gasteiger partial charge is 0.269 e. The van der Waals surface area contributed by atoms with E-state index < -0.39 is 4.83 Å². The molecule has 88 valence electrons. The van der Waals surface area contributed by atoms with E-state index in [1.54, 1.807) is 12.1 Å². The van der Waals surface area contributed by atoms with Gasteiger partial charge in [0.15, 0.2) is 10.7 Å². The highest BCUT2D eigenvalue weighted by Gasteiger charge is 2.35. The Morgan fingerprint density at radius 1 is 1.41 bits per heavy atom. The zero-order chi connectivity index (χ0) is 12.4. The van der Waals surface area contributed by atoms with Gasteiger partial charge in [0.2, 0.25) is 5.91 Å². The molecule has 0 saturated carbocycles. The Morgan fingerprint density at radius 3 is 2.65 bits per heavy atom. The minimum atomic E-state index is -0.605. The van der Waals surface area contributed by atoms with E-state index in [1.165, 1.54) is 11.9 Å². The van der Waals surface area contributed by atoms with Gasteiger partial charge in [-0.2, -0.15) is 5.01 Å². The lowest BCUT2D eigenvalue weighted by Crippen LogP contribution is -2.35. The molecule has 2 rings (SSSR count). The lowest BCUT2D eigenvalue weighted by atomic mass is 10.3. The van der Waals surface area contributed by atoms with Crippen LogP contribution in [0.5, 0.6) is 0 Å². The van der Waals surface area contributed by atoms with E-state index in [4.69, 9.17) is 0 Å². The van der Waals surface area contributed by atoms with Gasteiger partial charge < -0.3 is 5.32 Å². The SMILES string of the molecule is CC(=O)NC1=NN(c2ccccc2)C(=O)C1Br. The van der Waals surface area contributed by atoms with Crippen LogP contribution in [0.2, 0.25) is 0 Å². The van der Waals surface area contributed by atoms with Gasteiger partial charge in [0, 0.05) is 6.92 Å². The molecule has 5 nitrogen and oxygen atoms in total. The number of hydrogen-bond donors (Lipinski definition) is 1. The molecule has 0 radical (unpaired) electrons. The lowest BCUT2D eigenvalue weighted by Gasteiger charge is -2.11. The van der Waals surface area contributed by atoms with Crippen molar-refractivity contribution in [2.45, 2.75) is 11.8 Å². The minimum absolute atomic E-state index is 0.222. The summed E-state index contributed by atoms with van der Waals surface area (Å²) in [6.07, 6.45) is 0. The fourth-order valence-electron chi connectivity index (χ4n) is 1.45. The average molecular weight is 296 g/mol. The first-order chi connectivity index (χ1) is 8.09. The number of anilines is 1. The van der Waals surface area contributed by atoms with E-state index in [2.05, 4.69) is 26.3 Å². The van der Waals surface area contributed by atoms with Gasteiger partial charge in [0.1, 0.15) is 0 Å². The maximum atomic E-state index is 11.9. The van der Waals surface area contributed by atoms with Crippen LogP contribution in [0, 0.1) is 0 Å². The number of hydrazone groups is 1. The van der Waals surface area contributed by atoms with Crippen molar-refractivity contribution < 1.29 is 9.59 Å². The number of rotatable bonds is 1. The van der Waals surface area contributed by atoms with Gasteiger partial charge in [-0.3, -0.25) is 9.59 Å². The Morgan fingerprint density at radius 2 is 2.06 bits per heavy atom. The number of nitrogens with zero attached hydrogens (tertiary/aromatic N) is 2. The van der Waals surface area contributed by atoms with E-state index in [0.29, 0.717) is 11.5 Å². The van der Waals surface area contributed by atoms with E-state index in [1.807, 2.05) is 18.2 Å². The summed E-state index contributed by atoms with van der Waals surface area (Å²) >= 11 is 3.20. The first-order valence-corrected chi connectivity index (χ1v) is 5.90. The summed E-state index contributed by atoms with van der Waals surface area (Å²) in [7, 11) is 0. The summed E-state index contributed by atoms with van der Waals surface area (Å²) in [6, 6.07) is 9.04. The number of carbonyl (C=O) groups excluding carboxylic acids is 2. The maximum absolute atomic E-state index is 11.9. The van der Waals surface area contributed by atoms with Crippen LogP contribution < -0.4 is 10.3 Å². The normalized spacial score (nSPS) is 19.2. The molecule has 0 bridgehead atoms. The maximum Gasteiger partial charge on any atom is 0.269 e. The Hall–Kier alpha value is -1.69. The molecule has 6 heteroatoms. The van der Waals surface area contributed by atoms with Crippen molar-refractivity contribution in [1.29, 1.82) is 0 Å². The number of nitrogens with one attached hydrogen (secondary N) is 1. The third-order valence-electron chi connectivity index (χ3n) is 2.18. The Kier molecular flexibility index (Phi) is 3.23. The van der Waals surface area contributed by atoms with Crippen LogP contribution in [-0.2, 0) is 9.59 Å². The van der Waals surface area contributed by atoms with Crippen LogP contribution in [0.3, 0.4) is 0 Å². The second-order valence-corrected chi connectivity index (χ2v) is 4.43. The third kappa shape index (κ3) is 2.36. The van der Waals surface area contributed by atoms with E-state index >= 15 is 0 Å². The molecule has 0 saturated heterocycles. The summed E-state index contributed by atoms with van der Waals surface area (Å²) < 4.78 is 0. The summed E-state index contributed by atoms with van der Waals surface area (Å²) in [5.74, 6) is -0.165. The second kappa shape index (κ2) is 4.67. The van der Waals surface area contributed by atoms with Gasteiger partial charge in [0.25, 0.3) is 5.91 Å². The van der Waals surface area contributed by atoms with E-state index in [-0.39, 0.29) is 11.8 Å². The highest BCUT2D eigenvalue weighted by Crippen LogP contribution is 2.22. The van der Waals surface area contributed by atoms with Gasteiger partial charge in [-0.05, 0) is 12.1 Å². The van der Waals surface area contributed by atoms with Crippen molar-refractivity contribution in [1.82, 2.24) is 5.32 Å². The first kappa shape index (κ1) is 11.8. The zero-order valence-electron chi connectivity index (χ0n) is 9.05. The van der Waals surface area contributed by atoms with Crippen LogP contribution in [0.15, 0.2) is 35.4 Å². The van der Waals surface area contributed by atoms with Crippen molar-refractivity contribution in [3.8, 4) is 0 Å². The highest BCUT2D eigenvalue weighted by atomic mass is 79.9. The first-order valence-electron chi connectivity index (χ1n) is 4.99. The lowest BCUT2D eigenvalue weighted by molar-refractivity contribution is -0.117. The number of halogens is 1. The Balaban J connectivity index is 2.28. The predicted molar refractivity (Wildman–Crippen MR) is 67.9 cm³/mol. The van der Waals surface area contributed by atoms with Crippen LogP contribution >= 0.6 is 15.9 Å². The molecule has 0 aliphatic carbocycles. The van der Waals surface area contributed by atoms with Crippen molar-refractivity contribution in [3.63, 3.8) is 0 Å². The Bertz CT molecular complexity index is 487. The van der Waals surface area contributed by atoms with Crippen LogP contribution in [0.25, 0.3) is 0 Å². The fraction of sp³-hybridized carbons (Fsp3) is 0.182. The standard InChI is InChI=1S/C11H10BrN3O2/c1-7(16)13-10-9(12)11(17)15(14-10)8-5-3-2-4-6-8/h2-6,9H,1H3,(H,13,14,16). The van der Waals surface area contributed by atoms with Crippen LogP contribution in [0.4, 0.5) is 5.69 Å². The van der Waals surface area contributed by atoms with Crippen molar-refractivity contribution >= 4 is 39.3 Å². The molecule has 0 spiro atoms. The van der Waals surface area contributed by atoms with E-state index in [9.17, 15) is 9.59 Å². The summed E-state index contributed by atoms with van der Waals surface area (Å²) in [5.41, 5.74) is 0.669. The van der Waals surface area contributed by atoms with Gasteiger partial charge in [0.05, 0.1) is 5.69 Å². The summed E-state index contributed by atoms with van der Waals surface area (Å²) in [6.45, 7) is 1.37. The van der Waals surface area contributed by atoms with E-state index in [0.717, 1.165) is 0 Å². The largest absolute Gasteiger partial charge is 0.312 e. The summed E-state index contributed by atoms with van der Waals surface area (Å²) in [5, 5.41) is 7.87. The van der Waals surface area contributed by atoms with Crippen molar-refractivity contribution in [2.75, 3.05) is 5.01 Å². The molecule has 1 unspecified atom stereocenters. The quantitative estimate of drug-likeness (QED) is 0.793. The zero-order valence-corrected chi connectivity index (χ0v) is 10.6. The topological polar surface area (TPSA) is 61.8 Å². The number of benzene rings is 1. The minimum Gasteiger partial charge on any atom is -0.312 e. The van der Waals surface area contributed by atoms with Gasteiger partial charge in [-0.1, -0.05) is 34.1 Å². The molecular weight excluding hydrogens is 286 g/mol. The molecule has 0 fully saturated rings. The molecule has 1 N–H and O–H groups in total. The number of amides is 2. The van der Waals surface area contributed by atoms with Crippen molar-refractivity contribution in [2.24, 2.45) is 5.10 Å². The molecular formula is C11H10BrN3O2. The third-order valence-corrected chi connectivity index (χ3v) is 3.00. The number of alkyl halides is 1. The molecule has 1 aromatic rings. The molecule has 0 aromatic heterocycles. The molecule has 1 aliphatic rings. The molecule has 1 heterocycles. The number of hydrogen-bond acceptors (Lipinski definition) is 3. The molecule has 1 aromatic carbocycles. The monoisotopic (exact) mass is 295 g/mol. The fourth-order valence-corrected chi connectivity index (χ4v) is 1.85. The second-order valence-electron chi connectivity index (χ2n) is 3.51.